The number of carbonyl (C=O) groups is 3. The van der Waals surface area contributed by atoms with Gasteiger partial charge in [0, 0.05) is 12.0 Å². The molecule has 144 valence electrons. The van der Waals surface area contributed by atoms with Crippen LogP contribution in [0, 0.1) is 5.92 Å². The highest BCUT2D eigenvalue weighted by molar-refractivity contribution is 5.95. The maximum Gasteiger partial charge on any atom is 0.416 e. The molecule has 1 aromatic rings. The minimum Gasteiger partial charge on any atom is -0.497 e. The van der Waals surface area contributed by atoms with Gasteiger partial charge >= 0.3 is 6.09 Å². The Morgan fingerprint density at radius 2 is 1.93 bits per heavy atom. The summed E-state index contributed by atoms with van der Waals surface area (Å²) in [5.41, 5.74) is 0.495. The summed E-state index contributed by atoms with van der Waals surface area (Å²) in [5.74, 6) is -0.113. The van der Waals surface area contributed by atoms with E-state index < -0.39 is 17.6 Å². The number of carbonyl (C=O) groups excluding carboxylic acids is 3. The Kier molecular flexibility index (Phi) is 4.10. The van der Waals surface area contributed by atoms with Gasteiger partial charge in [-0.25, -0.2) is 14.7 Å². The van der Waals surface area contributed by atoms with Crippen molar-refractivity contribution >= 4 is 17.9 Å². The van der Waals surface area contributed by atoms with Crippen molar-refractivity contribution < 1.29 is 23.9 Å². The number of ether oxygens (including phenoxy) is 2. The number of cyclic esters (lactones) is 1. The summed E-state index contributed by atoms with van der Waals surface area (Å²) < 4.78 is 10.2. The highest BCUT2D eigenvalue weighted by atomic mass is 16.6. The lowest BCUT2D eigenvalue weighted by Gasteiger charge is -2.37. The predicted molar refractivity (Wildman–Crippen MR) is 94.5 cm³/mol. The predicted octanol–water partition coefficient (Wildman–Crippen LogP) is 1.57. The van der Waals surface area contributed by atoms with Crippen LogP contribution in [0.4, 0.5) is 4.79 Å². The Morgan fingerprint density at radius 1 is 1.22 bits per heavy atom. The number of hydrazine groups is 1. The van der Waals surface area contributed by atoms with Crippen molar-refractivity contribution in [2.24, 2.45) is 5.92 Å². The normalized spacial score (nSPS) is 27.1. The quantitative estimate of drug-likeness (QED) is 0.800. The monoisotopic (exact) mass is 373 g/mol. The van der Waals surface area contributed by atoms with Crippen LogP contribution in [-0.4, -0.2) is 65.2 Å². The van der Waals surface area contributed by atoms with Crippen LogP contribution in [0.2, 0.25) is 0 Å². The van der Waals surface area contributed by atoms with Crippen LogP contribution in [0.25, 0.3) is 0 Å². The minimum atomic E-state index is -0.610. The van der Waals surface area contributed by atoms with Gasteiger partial charge in [-0.15, -0.1) is 0 Å². The second-order valence-electron chi connectivity index (χ2n) is 7.74. The summed E-state index contributed by atoms with van der Waals surface area (Å²) in [6.07, 6.45) is -0.215. The van der Waals surface area contributed by atoms with E-state index in [1.165, 1.54) is 0 Å². The second-order valence-corrected chi connectivity index (χ2v) is 7.74. The molecule has 0 aromatic heterocycles. The zero-order valence-electron chi connectivity index (χ0n) is 15.7. The lowest BCUT2D eigenvalue weighted by Crippen LogP contribution is -2.45. The van der Waals surface area contributed by atoms with Crippen LogP contribution < -0.4 is 4.74 Å². The second kappa shape index (κ2) is 6.23. The third kappa shape index (κ3) is 2.75. The van der Waals surface area contributed by atoms with Crippen molar-refractivity contribution in [1.82, 2.24) is 14.9 Å². The molecule has 3 amide bonds. The van der Waals surface area contributed by atoms with Gasteiger partial charge in [-0.05, 0) is 31.5 Å². The summed E-state index contributed by atoms with van der Waals surface area (Å²) in [6, 6.07) is 7.17. The third-order valence-corrected chi connectivity index (χ3v) is 5.57. The molecule has 0 saturated carbocycles. The molecule has 0 bridgehead atoms. The number of nitrogens with zero attached hydrogens (tertiary/aromatic N) is 3. The zero-order valence-corrected chi connectivity index (χ0v) is 15.7. The van der Waals surface area contributed by atoms with Crippen molar-refractivity contribution in [3.05, 3.63) is 29.8 Å². The fraction of sp³-hybridized carbons (Fsp3) is 0.526. The number of methoxy groups -OCH3 is 1. The van der Waals surface area contributed by atoms with Gasteiger partial charge in [0.2, 0.25) is 11.8 Å². The van der Waals surface area contributed by atoms with E-state index in [9.17, 15) is 14.4 Å². The third-order valence-electron chi connectivity index (χ3n) is 5.57. The maximum absolute atomic E-state index is 13.1. The number of hydrogen-bond acceptors (Lipinski definition) is 6. The number of imide groups is 1. The van der Waals surface area contributed by atoms with E-state index in [0.29, 0.717) is 6.42 Å². The lowest BCUT2D eigenvalue weighted by atomic mass is 9.89. The SMILES string of the molecule is COc1ccc([C@H]2[C@H](C(=O)N3CCOC3=O)CN3C(=O)CC(C)(C)N23)cc1. The zero-order chi connectivity index (χ0) is 19.3. The van der Waals surface area contributed by atoms with Gasteiger partial charge in [0.1, 0.15) is 12.4 Å². The van der Waals surface area contributed by atoms with E-state index in [0.717, 1.165) is 16.2 Å². The van der Waals surface area contributed by atoms with Gasteiger partial charge in [-0.2, -0.15) is 0 Å². The smallest absolute Gasteiger partial charge is 0.416 e. The van der Waals surface area contributed by atoms with E-state index in [-0.39, 0.29) is 37.6 Å². The topological polar surface area (TPSA) is 79.4 Å². The number of amides is 3. The molecule has 0 spiro atoms. The average molecular weight is 373 g/mol. The molecule has 3 aliphatic rings. The summed E-state index contributed by atoms with van der Waals surface area (Å²) in [7, 11) is 1.60. The highest BCUT2D eigenvalue weighted by Gasteiger charge is 2.57. The van der Waals surface area contributed by atoms with Gasteiger partial charge in [0.25, 0.3) is 0 Å². The molecule has 8 nitrogen and oxygen atoms in total. The molecule has 0 radical (unpaired) electrons. The van der Waals surface area contributed by atoms with E-state index in [1.54, 1.807) is 12.1 Å². The molecule has 0 unspecified atom stereocenters. The summed E-state index contributed by atoms with van der Waals surface area (Å²) >= 11 is 0. The first-order valence-corrected chi connectivity index (χ1v) is 9.05. The Bertz CT molecular complexity index is 791. The van der Waals surface area contributed by atoms with Gasteiger partial charge in [-0.1, -0.05) is 12.1 Å². The van der Waals surface area contributed by atoms with Gasteiger partial charge in [0.15, 0.2) is 0 Å². The molecule has 3 aliphatic heterocycles. The van der Waals surface area contributed by atoms with E-state index in [2.05, 4.69) is 0 Å². The molecular formula is C19H23N3O5. The Balaban J connectivity index is 1.73. The standard InChI is InChI=1S/C19H23N3O5/c1-19(2)10-15(23)21-11-14(17(24)20-8-9-27-18(20)25)16(22(19)21)12-4-6-13(26-3)7-5-12/h4-7,14,16H,8-11H2,1-3H3/t14-,16+/m1/s1. The molecule has 2 atom stereocenters. The first-order chi connectivity index (χ1) is 12.8. The van der Waals surface area contributed by atoms with E-state index >= 15 is 0 Å². The number of benzene rings is 1. The average Bonchev–Trinajstić information content (AvgIpc) is 3.30. The number of hydrogen-bond donors (Lipinski definition) is 0. The molecule has 3 heterocycles. The minimum absolute atomic E-state index is 0.00203. The van der Waals surface area contributed by atoms with Gasteiger partial charge in [-0.3, -0.25) is 14.6 Å². The molecule has 8 heteroatoms. The fourth-order valence-corrected chi connectivity index (χ4v) is 4.34. The molecule has 3 fully saturated rings. The molecule has 0 N–H and O–H groups in total. The summed E-state index contributed by atoms with van der Waals surface area (Å²) in [5, 5.41) is 3.67. The molecule has 3 saturated heterocycles. The maximum atomic E-state index is 13.1. The Labute approximate surface area is 157 Å². The Hall–Kier alpha value is -2.61. The summed E-state index contributed by atoms with van der Waals surface area (Å²) in [6.45, 7) is 4.72. The molecule has 0 aliphatic carbocycles. The van der Waals surface area contributed by atoms with Crippen molar-refractivity contribution in [1.29, 1.82) is 0 Å². The largest absolute Gasteiger partial charge is 0.497 e. The molecule has 1 aromatic carbocycles. The fourth-order valence-electron chi connectivity index (χ4n) is 4.34. The van der Waals surface area contributed by atoms with Crippen LogP contribution in [0.15, 0.2) is 24.3 Å². The Morgan fingerprint density at radius 3 is 2.52 bits per heavy atom. The highest BCUT2D eigenvalue weighted by Crippen LogP contribution is 2.47. The van der Waals surface area contributed by atoms with Crippen molar-refractivity contribution in [2.75, 3.05) is 26.8 Å². The first-order valence-electron chi connectivity index (χ1n) is 9.05. The van der Waals surface area contributed by atoms with Crippen LogP contribution in [0.5, 0.6) is 5.75 Å². The number of fused-ring (bicyclic) bond motifs is 1. The first kappa shape index (κ1) is 17.8. The van der Waals surface area contributed by atoms with E-state index in [1.807, 2.05) is 43.1 Å². The van der Waals surface area contributed by atoms with Crippen LogP contribution in [-0.2, 0) is 14.3 Å². The molecule has 4 rings (SSSR count). The van der Waals surface area contributed by atoms with Crippen molar-refractivity contribution in [2.45, 2.75) is 31.8 Å². The number of rotatable bonds is 3. The van der Waals surface area contributed by atoms with Gasteiger partial charge < -0.3 is 9.47 Å². The van der Waals surface area contributed by atoms with Gasteiger partial charge in [0.05, 0.1) is 32.2 Å². The van der Waals surface area contributed by atoms with Crippen LogP contribution in [0.3, 0.4) is 0 Å². The van der Waals surface area contributed by atoms with E-state index in [4.69, 9.17) is 9.47 Å². The van der Waals surface area contributed by atoms with Crippen LogP contribution in [0.1, 0.15) is 31.9 Å². The molecular weight excluding hydrogens is 350 g/mol. The lowest BCUT2D eigenvalue weighted by molar-refractivity contribution is -0.137. The van der Waals surface area contributed by atoms with Crippen molar-refractivity contribution in [3.8, 4) is 5.75 Å². The van der Waals surface area contributed by atoms with Crippen molar-refractivity contribution in [3.63, 3.8) is 0 Å². The summed E-state index contributed by atoms with van der Waals surface area (Å²) in [4.78, 5) is 38.8. The molecule has 27 heavy (non-hydrogen) atoms. The van der Waals surface area contributed by atoms with Crippen LogP contribution >= 0.6 is 0 Å².